The molecule has 6 aliphatic carbocycles. The Kier molecular flexibility index (Phi) is 2.58. The molecule has 6 bridgehead atoms. The standard InChI is InChI=1S/C33H24/c1-2-6-17-16(5-1)20-9-21(17)25-12-29-28(11-24(20)25)32-15-33(29)31-14-27-23-10-22(26(27)13-30(31)32)18-7-3-4-8-19(18)23/h1-8,11-14,20-23,32-33H,9-10,15H2/t20-,21+,22+,23-,32?,33?. The van der Waals surface area contributed by atoms with Gasteiger partial charge in [-0.1, -0.05) is 72.8 Å². The van der Waals surface area contributed by atoms with Crippen molar-refractivity contribution >= 4 is 0 Å². The van der Waals surface area contributed by atoms with Gasteiger partial charge in [0.15, 0.2) is 0 Å². The van der Waals surface area contributed by atoms with Crippen molar-refractivity contribution in [3.8, 4) is 0 Å². The van der Waals surface area contributed by atoms with E-state index in [4.69, 9.17) is 0 Å². The topological polar surface area (TPSA) is 0 Å². The summed E-state index contributed by atoms with van der Waals surface area (Å²) in [6, 6.07) is 29.1. The molecule has 0 amide bonds. The van der Waals surface area contributed by atoms with Crippen molar-refractivity contribution in [3.63, 3.8) is 0 Å². The summed E-state index contributed by atoms with van der Waals surface area (Å²) >= 11 is 0. The number of fused-ring (bicyclic) bond motifs is 24. The molecule has 0 heteroatoms. The fourth-order valence-electron chi connectivity index (χ4n) is 9.28. The summed E-state index contributed by atoms with van der Waals surface area (Å²) < 4.78 is 0. The van der Waals surface area contributed by atoms with Gasteiger partial charge in [-0.3, -0.25) is 0 Å². The van der Waals surface area contributed by atoms with E-state index in [-0.39, 0.29) is 0 Å². The second kappa shape index (κ2) is 5.17. The average Bonchev–Trinajstić information content (AvgIpc) is 3.69. The van der Waals surface area contributed by atoms with Gasteiger partial charge in [0.1, 0.15) is 0 Å². The van der Waals surface area contributed by atoms with Gasteiger partial charge in [-0.25, -0.2) is 0 Å². The van der Waals surface area contributed by atoms with Crippen LogP contribution in [0.15, 0.2) is 72.8 Å². The van der Waals surface area contributed by atoms with E-state index in [1.807, 2.05) is 0 Å². The van der Waals surface area contributed by atoms with E-state index >= 15 is 0 Å². The van der Waals surface area contributed by atoms with Gasteiger partial charge < -0.3 is 0 Å². The Hall–Kier alpha value is -3.12. The smallest absolute Gasteiger partial charge is 0.0104 e. The van der Waals surface area contributed by atoms with Crippen LogP contribution in [-0.2, 0) is 0 Å². The Labute approximate surface area is 194 Å². The third-order valence-corrected chi connectivity index (χ3v) is 10.5. The summed E-state index contributed by atoms with van der Waals surface area (Å²) in [5.74, 6) is 3.79. The zero-order chi connectivity index (χ0) is 21.0. The Balaban J connectivity index is 1.13. The monoisotopic (exact) mass is 420 g/mol. The molecule has 0 spiro atoms. The Morgan fingerprint density at radius 3 is 0.758 bits per heavy atom. The van der Waals surface area contributed by atoms with Crippen LogP contribution in [0.4, 0.5) is 0 Å². The lowest BCUT2D eigenvalue weighted by molar-refractivity contribution is 0.778. The maximum Gasteiger partial charge on any atom is 0.0104 e. The first kappa shape index (κ1) is 16.5. The zero-order valence-corrected chi connectivity index (χ0v) is 18.5. The fraction of sp³-hybridized carbons (Fsp3) is 0.273. The van der Waals surface area contributed by atoms with Crippen molar-refractivity contribution in [2.75, 3.05) is 0 Å². The van der Waals surface area contributed by atoms with Gasteiger partial charge in [0.2, 0.25) is 0 Å². The number of hydrogen-bond donors (Lipinski definition) is 0. The lowest BCUT2D eigenvalue weighted by Gasteiger charge is -2.27. The molecule has 0 fully saturated rings. The second-order valence-electron chi connectivity index (χ2n) is 11.5. The highest BCUT2D eigenvalue weighted by atomic mass is 14.5. The third kappa shape index (κ3) is 1.70. The molecule has 0 saturated carbocycles. The van der Waals surface area contributed by atoms with Crippen LogP contribution < -0.4 is 0 Å². The van der Waals surface area contributed by atoms with E-state index in [0.29, 0.717) is 35.5 Å². The fourth-order valence-corrected chi connectivity index (χ4v) is 9.28. The van der Waals surface area contributed by atoms with Crippen LogP contribution in [0.3, 0.4) is 0 Å². The number of hydrogen-bond acceptors (Lipinski definition) is 0. The molecular weight excluding hydrogens is 396 g/mol. The molecule has 6 aliphatic rings. The summed E-state index contributed by atoms with van der Waals surface area (Å²) in [6.07, 6.45) is 3.91. The van der Waals surface area contributed by atoms with E-state index in [1.54, 1.807) is 66.8 Å². The quantitative estimate of drug-likeness (QED) is 0.274. The predicted octanol–water partition coefficient (Wildman–Crippen LogP) is 7.63. The van der Waals surface area contributed by atoms with Gasteiger partial charge in [0.25, 0.3) is 0 Å². The zero-order valence-electron chi connectivity index (χ0n) is 18.5. The minimum Gasteiger partial charge on any atom is -0.0620 e. The van der Waals surface area contributed by atoms with Crippen LogP contribution in [0.1, 0.15) is 122 Å². The molecule has 0 heterocycles. The summed E-state index contributed by atoms with van der Waals surface area (Å²) in [5.41, 5.74) is 19.7. The van der Waals surface area contributed by atoms with Crippen molar-refractivity contribution in [2.24, 2.45) is 0 Å². The Morgan fingerprint density at radius 2 is 0.515 bits per heavy atom. The van der Waals surface area contributed by atoms with Crippen LogP contribution >= 0.6 is 0 Å². The van der Waals surface area contributed by atoms with Crippen molar-refractivity contribution in [3.05, 3.63) is 140 Å². The van der Waals surface area contributed by atoms with Gasteiger partial charge in [-0.15, -0.1) is 0 Å². The van der Waals surface area contributed by atoms with Gasteiger partial charge in [-0.05, 0) is 86.0 Å². The highest BCUT2D eigenvalue weighted by Crippen LogP contribution is 2.64. The summed E-state index contributed by atoms with van der Waals surface area (Å²) in [4.78, 5) is 0. The molecule has 0 aromatic heterocycles. The number of rotatable bonds is 0. The van der Waals surface area contributed by atoms with Crippen LogP contribution in [0.2, 0.25) is 0 Å². The summed E-state index contributed by atoms with van der Waals surface area (Å²) in [6.45, 7) is 0. The summed E-state index contributed by atoms with van der Waals surface area (Å²) in [5, 5.41) is 0. The van der Waals surface area contributed by atoms with Gasteiger partial charge >= 0.3 is 0 Å². The highest BCUT2D eigenvalue weighted by Gasteiger charge is 2.49. The molecule has 0 aliphatic heterocycles. The van der Waals surface area contributed by atoms with E-state index < -0.39 is 0 Å². The molecule has 10 rings (SSSR count). The maximum atomic E-state index is 2.66. The van der Waals surface area contributed by atoms with Crippen molar-refractivity contribution in [1.82, 2.24) is 0 Å². The van der Waals surface area contributed by atoms with Crippen molar-refractivity contribution in [2.45, 2.75) is 54.8 Å². The molecule has 0 radical (unpaired) electrons. The highest BCUT2D eigenvalue weighted by molar-refractivity contribution is 5.69. The van der Waals surface area contributed by atoms with E-state index in [9.17, 15) is 0 Å². The maximum absolute atomic E-state index is 2.66. The van der Waals surface area contributed by atoms with Gasteiger partial charge in [0, 0.05) is 35.5 Å². The first-order valence-corrected chi connectivity index (χ1v) is 12.9. The minimum absolute atomic E-state index is 0.624. The molecular formula is C33H24. The first-order valence-electron chi connectivity index (χ1n) is 12.9. The van der Waals surface area contributed by atoms with Gasteiger partial charge in [0.05, 0.1) is 0 Å². The first-order chi connectivity index (χ1) is 16.3. The minimum atomic E-state index is 0.624. The lowest BCUT2D eigenvalue weighted by atomic mass is 9.77. The molecule has 0 N–H and O–H groups in total. The number of benzene rings is 4. The van der Waals surface area contributed by atoms with E-state index in [1.165, 1.54) is 19.3 Å². The molecule has 156 valence electrons. The molecule has 4 aromatic carbocycles. The second-order valence-corrected chi connectivity index (χ2v) is 11.5. The lowest BCUT2D eigenvalue weighted by Crippen LogP contribution is -2.11. The van der Waals surface area contributed by atoms with Crippen LogP contribution in [0, 0.1) is 0 Å². The largest absolute Gasteiger partial charge is 0.0620 e. The average molecular weight is 421 g/mol. The van der Waals surface area contributed by atoms with Gasteiger partial charge in [-0.2, -0.15) is 0 Å². The van der Waals surface area contributed by atoms with Crippen LogP contribution in [-0.4, -0.2) is 0 Å². The normalized spacial score (nSPS) is 31.3. The SMILES string of the molecule is c1ccc2c(c1)[C@H]1C[C@@H]2c2cc3c(cc21)C1CC3c2cc3c(cc21)[C@H]1C[C@@H]3c2ccccc21. The predicted molar refractivity (Wildman–Crippen MR) is 131 cm³/mol. The molecule has 2 unspecified atom stereocenters. The molecule has 6 atom stereocenters. The van der Waals surface area contributed by atoms with E-state index in [2.05, 4.69) is 72.8 Å². The summed E-state index contributed by atoms with van der Waals surface area (Å²) in [7, 11) is 0. The molecule has 0 saturated heterocycles. The van der Waals surface area contributed by atoms with Crippen molar-refractivity contribution < 1.29 is 0 Å². The Bertz CT molecular complexity index is 1360. The van der Waals surface area contributed by atoms with E-state index in [0.717, 1.165) is 0 Å². The molecule has 33 heavy (non-hydrogen) atoms. The molecule has 0 nitrogen and oxygen atoms in total. The van der Waals surface area contributed by atoms with Crippen LogP contribution in [0.5, 0.6) is 0 Å². The third-order valence-electron chi connectivity index (χ3n) is 10.5. The Morgan fingerprint density at radius 1 is 0.303 bits per heavy atom. The molecule has 4 aromatic rings. The van der Waals surface area contributed by atoms with Crippen molar-refractivity contribution in [1.29, 1.82) is 0 Å². The van der Waals surface area contributed by atoms with Crippen LogP contribution in [0.25, 0.3) is 0 Å².